The maximum absolute atomic E-state index is 12.5. The lowest BCUT2D eigenvalue weighted by molar-refractivity contribution is 0.0940. The van der Waals surface area contributed by atoms with Crippen LogP contribution >= 0.6 is 27.5 Å². The highest BCUT2D eigenvalue weighted by atomic mass is 79.9. The van der Waals surface area contributed by atoms with Gasteiger partial charge >= 0.3 is 0 Å². The van der Waals surface area contributed by atoms with Gasteiger partial charge in [0.05, 0.1) is 21.5 Å². The van der Waals surface area contributed by atoms with E-state index in [1.807, 2.05) is 31.2 Å². The second kappa shape index (κ2) is 7.65. The molecule has 1 amide bonds. The van der Waals surface area contributed by atoms with Crippen LogP contribution in [0.1, 0.15) is 28.9 Å². The smallest absolute Gasteiger partial charge is 0.253 e. The highest BCUT2D eigenvalue weighted by Gasteiger charge is 2.19. The molecular weight excluding hydrogens is 416 g/mol. The van der Waals surface area contributed by atoms with Gasteiger partial charge in [-0.15, -0.1) is 0 Å². The van der Waals surface area contributed by atoms with Crippen LogP contribution in [0.15, 0.2) is 51.8 Å². The van der Waals surface area contributed by atoms with E-state index in [0.29, 0.717) is 0 Å². The third kappa shape index (κ3) is 4.36. The molecule has 5 nitrogen and oxygen atoms in total. The molecule has 8 heteroatoms. The minimum absolute atomic E-state index is 0.0177. The first-order chi connectivity index (χ1) is 11.2. The maximum atomic E-state index is 12.5. The van der Waals surface area contributed by atoms with E-state index < -0.39 is 15.9 Å². The number of hydrogen-bond acceptors (Lipinski definition) is 3. The van der Waals surface area contributed by atoms with Crippen molar-refractivity contribution in [2.75, 3.05) is 7.05 Å². The van der Waals surface area contributed by atoms with Crippen LogP contribution in [0.3, 0.4) is 0 Å². The van der Waals surface area contributed by atoms with Gasteiger partial charge in [0.25, 0.3) is 5.91 Å². The molecule has 24 heavy (non-hydrogen) atoms. The van der Waals surface area contributed by atoms with Gasteiger partial charge in [0.15, 0.2) is 0 Å². The first-order valence-electron chi connectivity index (χ1n) is 7.04. The Bertz CT molecular complexity index is 854. The largest absolute Gasteiger partial charge is 0.345 e. The number of rotatable bonds is 5. The number of carbonyl (C=O) groups is 1. The Kier molecular flexibility index (Phi) is 6.03. The molecule has 0 bridgehead atoms. The average Bonchev–Trinajstić information content (AvgIpc) is 2.55. The Balaban J connectivity index is 2.26. The Hall–Kier alpha value is -1.41. The number of hydrogen-bond donors (Lipinski definition) is 2. The van der Waals surface area contributed by atoms with Gasteiger partial charge in [-0.1, -0.05) is 39.7 Å². The van der Waals surface area contributed by atoms with Crippen LogP contribution in [-0.4, -0.2) is 21.4 Å². The molecule has 2 aromatic carbocycles. The van der Waals surface area contributed by atoms with Gasteiger partial charge in [0, 0.05) is 4.47 Å². The van der Waals surface area contributed by atoms with Gasteiger partial charge in [-0.3, -0.25) is 4.79 Å². The molecule has 0 fully saturated rings. The molecule has 0 spiro atoms. The summed E-state index contributed by atoms with van der Waals surface area (Å²) in [7, 11) is -2.35. The topological polar surface area (TPSA) is 75.3 Å². The van der Waals surface area contributed by atoms with Crippen LogP contribution < -0.4 is 10.0 Å². The van der Waals surface area contributed by atoms with E-state index in [1.54, 1.807) is 0 Å². The van der Waals surface area contributed by atoms with Crippen LogP contribution in [0.5, 0.6) is 0 Å². The van der Waals surface area contributed by atoms with E-state index in [1.165, 1.54) is 25.2 Å². The molecular formula is C16H16BrClN2O3S. The molecule has 2 aromatic rings. The van der Waals surface area contributed by atoms with E-state index >= 15 is 0 Å². The monoisotopic (exact) mass is 430 g/mol. The van der Waals surface area contributed by atoms with Crippen LogP contribution in [0, 0.1) is 0 Å². The van der Waals surface area contributed by atoms with Crippen molar-refractivity contribution in [1.29, 1.82) is 0 Å². The van der Waals surface area contributed by atoms with E-state index in [9.17, 15) is 13.2 Å². The first kappa shape index (κ1) is 18.9. The molecule has 0 aromatic heterocycles. The third-order valence-corrected chi connectivity index (χ3v) is 5.75. The maximum Gasteiger partial charge on any atom is 0.253 e. The molecule has 0 saturated carbocycles. The van der Waals surface area contributed by atoms with Gasteiger partial charge in [-0.2, -0.15) is 0 Å². The summed E-state index contributed by atoms with van der Waals surface area (Å²) >= 11 is 9.41. The minimum Gasteiger partial charge on any atom is -0.345 e. The predicted molar refractivity (Wildman–Crippen MR) is 97.7 cm³/mol. The number of nitrogens with one attached hydrogen (secondary N) is 2. The van der Waals surface area contributed by atoms with Crippen molar-refractivity contribution in [3.05, 3.63) is 63.1 Å². The van der Waals surface area contributed by atoms with E-state index in [2.05, 4.69) is 26.0 Å². The summed E-state index contributed by atoms with van der Waals surface area (Å²) in [5.74, 6) is -0.441. The third-order valence-electron chi connectivity index (χ3n) is 3.48. The zero-order valence-corrected chi connectivity index (χ0v) is 16.2. The lowest BCUT2D eigenvalue weighted by atomic mass is 10.1. The Morgan fingerprint density at radius 2 is 1.79 bits per heavy atom. The van der Waals surface area contributed by atoms with Crippen molar-refractivity contribution in [2.45, 2.75) is 17.9 Å². The van der Waals surface area contributed by atoms with E-state index in [0.717, 1.165) is 10.0 Å². The van der Waals surface area contributed by atoms with Crippen LogP contribution in [0.4, 0.5) is 0 Å². The van der Waals surface area contributed by atoms with Crippen LogP contribution in [-0.2, 0) is 10.0 Å². The molecule has 128 valence electrons. The molecule has 0 heterocycles. The number of benzene rings is 2. The van der Waals surface area contributed by atoms with Gasteiger partial charge in [0.2, 0.25) is 10.0 Å². The van der Waals surface area contributed by atoms with Crippen molar-refractivity contribution in [3.8, 4) is 0 Å². The number of carbonyl (C=O) groups excluding carboxylic acids is 1. The SMILES string of the molecule is CNS(=O)(=O)c1ccc(Cl)c(C(=O)NC(C)c2ccc(Br)cc2)c1. The summed E-state index contributed by atoms with van der Waals surface area (Å²) in [6.45, 7) is 1.84. The standard InChI is InChI=1S/C16H16BrClN2O3S/c1-10(11-3-5-12(17)6-4-11)20-16(21)14-9-13(7-8-15(14)18)24(22,23)19-2/h3-10,19H,1-2H3,(H,20,21). The van der Waals surface area contributed by atoms with Crippen molar-refractivity contribution >= 4 is 43.5 Å². The summed E-state index contributed by atoms with van der Waals surface area (Å²) in [6.07, 6.45) is 0. The zero-order chi connectivity index (χ0) is 17.9. The quantitative estimate of drug-likeness (QED) is 0.761. The van der Waals surface area contributed by atoms with Gasteiger partial charge < -0.3 is 5.32 Å². The number of halogens is 2. The highest BCUT2D eigenvalue weighted by molar-refractivity contribution is 9.10. The molecule has 1 unspecified atom stereocenters. The summed E-state index contributed by atoms with van der Waals surface area (Å²) in [5.41, 5.74) is 1.03. The van der Waals surface area contributed by atoms with Crippen molar-refractivity contribution in [3.63, 3.8) is 0 Å². The van der Waals surface area contributed by atoms with Crippen molar-refractivity contribution in [2.24, 2.45) is 0 Å². The Morgan fingerprint density at radius 1 is 1.17 bits per heavy atom. The first-order valence-corrected chi connectivity index (χ1v) is 9.69. The minimum atomic E-state index is -3.65. The van der Waals surface area contributed by atoms with Crippen LogP contribution in [0.25, 0.3) is 0 Å². The molecule has 2 rings (SSSR count). The molecule has 0 aliphatic heterocycles. The molecule has 0 radical (unpaired) electrons. The molecule has 1 atom stereocenters. The summed E-state index contributed by atoms with van der Waals surface area (Å²) in [6, 6.07) is 11.3. The Morgan fingerprint density at radius 3 is 2.38 bits per heavy atom. The van der Waals surface area contributed by atoms with Crippen LogP contribution in [0.2, 0.25) is 5.02 Å². The van der Waals surface area contributed by atoms with E-state index in [-0.39, 0.29) is 21.5 Å². The summed E-state index contributed by atoms with van der Waals surface area (Å²) in [4.78, 5) is 12.4. The second-order valence-corrected chi connectivity index (χ2v) is 8.31. The highest BCUT2D eigenvalue weighted by Crippen LogP contribution is 2.22. The van der Waals surface area contributed by atoms with Gasteiger partial charge in [-0.25, -0.2) is 13.1 Å². The van der Waals surface area contributed by atoms with Crippen molar-refractivity contribution < 1.29 is 13.2 Å². The fourth-order valence-electron chi connectivity index (χ4n) is 2.07. The summed E-state index contributed by atoms with van der Waals surface area (Å²) < 4.78 is 26.9. The second-order valence-electron chi connectivity index (χ2n) is 5.10. The normalized spacial score (nSPS) is 12.7. The lowest BCUT2D eigenvalue weighted by Crippen LogP contribution is -2.27. The molecule has 0 aliphatic carbocycles. The number of sulfonamides is 1. The average molecular weight is 432 g/mol. The van der Waals surface area contributed by atoms with E-state index in [4.69, 9.17) is 11.6 Å². The molecule has 0 saturated heterocycles. The molecule has 0 aliphatic rings. The van der Waals surface area contributed by atoms with Gasteiger partial charge in [0.1, 0.15) is 0 Å². The van der Waals surface area contributed by atoms with Crippen molar-refractivity contribution in [1.82, 2.24) is 10.0 Å². The van der Waals surface area contributed by atoms with Gasteiger partial charge in [-0.05, 0) is 49.9 Å². The zero-order valence-electron chi connectivity index (χ0n) is 13.0. The molecule has 2 N–H and O–H groups in total. The number of amides is 1. The predicted octanol–water partition coefficient (Wildman–Crippen LogP) is 3.50. The Labute approximate surface area is 154 Å². The summed E-state index contributed by atoms with van der Waals surface area (Å²) in [5, 5.41) is 3.00. The lowest BCUT2D eigenvalue weighted by Gasteiger charge is -2.15. The fraction of sp³-hybridized carbons (Fsp3) is 0.188. The fourth-order valence-corrected chi connectivity index (χ4v) is 3.30.